The van der Waals surface area contributed by atoms with Crippen molar-refractivity contribution < 1.29 is 0 Å². The van der Waals surface area contributed by atoms with E-state index < -0.39 is 0 Å². The van der Waals surface area contributed by atoms with Crippen LogP contribution in [0.3, 0.4) is 0 Å². The SMILES string of the molecule is NCC1=NCC=NC1. The Morgan fingerprint density at radius 2 is 2.62 bits per heavy atom. The zero-order valence-electron chi connectivity index (χ0n) is 4.67. The van der Waals surface area contributed by atoms with Crippen LogP contribution in [-0.4, -0.2) is 31.6 Å². The maximum atomic E-state index is 5.30. The third-order valence-corrected chi connectivity index (χ3v) is 1.04. The maximum absolute atomic E-state index is 5.30. The maximum Gasteiger partial charge on any atom is 0.0778 e. The van der Waals surface area contributed by atoms with Gasteiger partial charge in [0.2, 0.25) is 0 Å². The molecule has 3 nitrogen and oxygen atoms in total. The molecule has 0 saturated heterocycles. The summed E-state index contributed by atoms with van der Waals surface area (Å²) in [5, 5.41) is 0. The fourth-order valence-electron chi connectivity index (χ4n) is 0.577. The van der Waals surface area contributed by atoms with Crippen LogP contribution in [-0.2, 0) is 0 Å². The normalized spacial score (nSPS) is 18.4. The zero-order chi connectivity index (χ0) is 5.82. The Hall–Kier alpha value is -0.700. The van der Waals surface area contributed by atoms with Crippen LogP contribution in [0.5, 0.6) is 0 Å². The van der Waals surface area contributed by atoms with Crippen molar-refractivity contribution in [2.24, 2.45) is 15.7 Å². The number of aliphatic imine (C=N–C) groups is 2. The zero-order valence-corrected chi connectivity index (χ0v) is 4.67. The van der Waals surface area contributed by atoms with Crippen LogP contribution in [0.1, 0.15) is 0 Å². The highest BCUT2D eigenvalue weighted by molar-refractivity contribution is 5.91. The Labute approximate surface area is 48.3 Å². The lowest BCUT2D eigenvalue weighted by molar-refractivity contribution is 1.12. The average Bonchev–Trinajstić information content (AvgIpc) is 1.90. The van der Waals surface area contributed by atoms with Gasteiger partial charge in [-0.3, -0.25) is 9.98 Å². The highest BCUT2D eigenvalue weighted by Crippen LogP contribution is 1.83. The van der Waals surface area contributed by atoms with E-state index in [0.29, 0.717) is 19.6 Å². The smallest absolute Gasteiger partial charge is 0.0778 e. The Bertz CT molecular complexity index is 126. The minimum Gasteiger partial charge on any atom is -0.325 e. The van der Waals surface area contributed by atoms with Crippen LogP contribution >= 0.6 is 0 Å². The van der Waals surface area contributed by atoms with Crippen LogP contribution < -0.4 is 5.73 Å². The van der Waals surface area contributed by atoms with E-state index >= 15 is 0 Å². The summed E-state index contributed by atoms with van der Waals surface area (Å²) in [7, 11) is 0. The summed E-state index contributed by atoms with van der Waals surface area (Å²) in [5.41, 5.74) is 6.31. The van der Waals surface area contributed by atoms with Gasteiger partial charge in [0.1, 0.15) is 0 Å². The van der Waals surface area contributed by atoms with Gasteiger partial charge < -0.3 is 5.73 Å². The Morgan fingerprint density at radius 1 is 1.75 bits per heavy atom. The van der Waals surface area contributed by atoms with Crippen LogP contribution in [0.4, 0.5) is 0 Å². The fraction of sp³-hybridized carbons (Fsp3) is 0.600. The number of hydrogen-bond acceptors (Lipinski definition) is 3. The Kier molecular flexibility index (Phi) is 1.75. The van der Waals surface area contributed by atoms with Gasteiger partial charge in [-0.15, -0.1) is 0 Å². The third-order valence-electron chi connectivity index (χ3n) is 1.04. The second-order valence-corrected chi connectivity index (χ2v) is 1.63. The van der Waals surface area contributed by atoms with Crippen molar-refractivity contribution in [3.63, 3.8) is 0 Å². The molecule has 0 bridgehead atoms. The molecule has 1 aliphatic rings. The highest BCUT2D eigenvalue weighted by atomic mass is 14.9. The molecule has 1 heterocycles. The molecule has 1 rings (SSSR count). The minimum atomic E-state index is 0.553. The van der Waals surface area contributed by atoms with E-state index in [0.717, 1.165) is 5.71 Å². The van der Waals surface area contributed by atoms with Crippen molar-refractivity contribution in [3.05, 3.63) is 0 Å². The first-order valence-corrected chi connectivity index (χ1v) is 2.64. The molecule has 0 aromatic heterocycles. The molecule has 2 N–H and O–H groups in total. The van der Waals surface area contributed by atoms with E-state index in [1.54, 1.807) is 6.21 Å². The average molecular weight is 111 g/mol. The molecule has 0 amide bonds. The second-order valence-electron chi connectivity index (χ2n) is 1.63. The molecule has 0 unspecified atom stereocenters. The van der Waals surface area contributed by atoms with Crippen LogP contribution in [0, 0.1) is 0 Å². The summed E-state index contributed by atoms with van der Waals surface area (Å²) in [6.07, 6.45) is 1.80. The minimum absolute atomic E-state index is 0.553. The molecule has 0 radical (unpaired) electrons. The van der Waals surface area contributed by atoms with Gasteiger partial charge in [0, 0.05) is 18.5 Å². The number of nitrogens with zero attached hydrogens (tertiary/aromatic N) is 2. The summed E-state index contributed by atoms with van der Waals surface area (Å²) in [6, 6.07) is 0. The van der Waals surface area contributed by atoms with Gasteiger partial charge in [-0.05, 0) is 0 Å². The summed E-state index contributed by atoms with van der Waals surface area (Å²) < 4.78 is 0. The van der Waals surface area contributed by atoms with E-state index in [1.165, 1.54) is 0 Å². The second kappa shape index (κ2) is 2.57. The summed E-state index contributed by atoms with van der Waals surface area (Å²) >= 11 is 0. The van der Waals surface area contributed by atoms with Gasteiger partial charge in [-0.2, -0.15) is 0 Å². The molecule has 0 fully saturated rings. The molecule has 0 spiro atoms. The van der Waals surface area contributed by atoms with Gasteiger partial charge in [0.05, 0.1) is 13.1 Å². The fourth-order valence-corrected chi connectivity index (χ4v) is 0.577. The van der Waals surface area contributed by atoms with Crippen molar-refractivity contribution in [2.75, 3.05) is 19.6 Å². The Balaban J connectivity index is 2.43. The first-order chi connectivity index (χ1) is 3.93. The van der Waals surface area contributed by atoms with Gasteiger partial charge in [-0.25, -0.2) is 0 Å². The summed E-state index contributed by atoms with van der Waals surface area (Å²) in [4.78, 5) is 8.08. The molecule has 0 aliphatic carbocycles. The molecular formula is C5H9N3. The lowest BCUT2D eigenvalue weighted by Crippen LogP contribution is -2.20. The van der Waals surface area contributed by atoms with E-state index in [2.05, 4.69) is 9.98 Å². The lowest BCUT2D eigenvalue weighted by atomic mass is 10.3. The molecule has 1 aliphatic heterocycles. The van der Waals surface area contributed by atoms with Gasteiger partial charge in [0.25, 0.3) is 0 Å². The molecule has 8 heavy (non-hydrogen) atoms. The first kappa shape index (κ1) is 5.44. The van der Waals surface area contributed by atoms with Crippen LogP contribution in [0.15, 0.2) is 9.98 Å². The van der Waals surface area contributed by atoms with Crippen molar-refractivity contribution in [2.45, 2.75) is 0 Å². The quantitative estimate of drug-likeness (QED) is 0.486. The predicted octanol–water partition coefficient (Wildman–Crippen LogP) is -0.530. The summed E-state index contributed by atoms with van der Waals surface area (Å²) in [5.74, 6) is 0. The van der Waals surface area contributed by atoms with Crippen LogP contribution in [0.25, 0.3) is 0 Å². The number of nitrogens with two attached hydrogens (primary N) is 1. The van der Waals surface area contributed by atoms with E-state index in [1.807, 2.05) is 0 Å². The van der Waals surface area contributed by atoms with E-state index in [9.17, 15) is 0 Å². The largest absolute Gasteiger partial charge is 0.325 e. The highest BCUT2D eigenvalue weighted by Gasteiger charge is 1.95. The van der Waals surface area contributed by atoms with E-state index in [-0.39, 0.29) is 0 Å². The van der Waals surface area contributed by atoms with Gasteiger partial charge >= 0.3 is 0 Å². The van der Waals surface area contributed by atoms with Gasteiger partial charge in [-0.1, -0.05) is 0 Å². The molecule has 0 aromatic rings. The molecule has 44 valence electrons. The van der Waals surface area contributed by atoms with E-state index in [4.69, 9.17) is 5.73 Å². The number of rotatable bonds is 1. The molecule has 3 heteroatoms. The van der Waals surface area contributed by atoms with Crippen molar-refractivity contribution in [1.82, 2.24) is 0 Å². The summed E-state index contributed by atoms with van der Waals surface area (Å²) in [6.45, 7) is 1.97. The standard InChI is InChI=1S/C5H9N3/c6-3-5-4-7-1-2-8-5/h1H,2-4,6H2. The topological polar surface area (TPSA) is 50.7 Å². The lowest BCUT2D eigenvalue weighted by Gasteiger charge is -2.01. The van der Waals surface area contributed by atoms with Crippen molar-refractivity contribution in [3.8, 4) is 0 Å². The van der Waals surface area contributed by atoms with Crippen molar-refractivity contribution in [1.29, 1.82) is 0 Å². The van der Waals surface area contributed by atoms with Gasteiger partial charge in [0.15, 0.2) is 0 Å². The molecule has 0 saturated carbocycles. The third kappa shape index (κ3) is 1.13. The predicted molar refractivity (Wildman–Crippen MR) is 34.7 cm³/mol. The number of hydrogen-bond donors (Lipinski definition) is 1. The molecule has 0 aromatic carbocycles. The first-order valence-electron chi connectivity index (χ1n) is 2.64. The van der Waals surface area contributed by atoms with Crippen molar-refractivity contribution >= 4 is 11.9 Å². The molecule has 0 atom stereocenters. The Morgan fingerprint density at radius 3 is 3.00 bits per heavy atom. The molecular weight excluding hydrogens is 102 g/mol. The van der Waals surface area contributed by atoms with Crippen LogP contribution in [0.2, 0.25) is 0 Å². The monoisotopic (exact) mass is 111 g/mol.